The zero-order chi connectivity index (χ0) is 14.5. The Morgan fingerprint density at radius 2 is 2.25 bits per heavy atom. The van der Waals surface area contributed by atoms with Gasteiger partial charge >= 0.3 is 5.97 Å². The first-order chi connectivity index (χ1) is 9.61. The van der Waals surface area contributed by atoms with E-state index >= 15 is 0 Å². The standard InChI is InChI=1S/C14H17NO4S/c1-19-7-6-10(14(17)18)15-13(16)12-8-9-4-2-3-5-11(9)20-12/h2-5,10,12H,6-8H2,1H3,(H,15,16)(H,17,18). The van der Waals surface area contributed by atoms with E-state index in [1.807, 2.05) is 24.3 Å². The Morgan fingerprint density at radius 1 is 1.50 bits per heavy atom. The van der Waals surface area contributed by atoms with E-state index in [1.54, 1.807) is 0 Å². The molecule has 108 valence electrons. The summed E-state index contributed by atoms with van der Waals surface area (Å²) in [6.07, 6.45) is 0.908. The number of carboxylic acid groups (broad SMARTS) is 1. The highest BCUT2D eigenvalue weighted by atomic mass is 32.2. The van der Waals surface area contributed by atoms with Crippen LogP contribution >= 0.6 is 11.8 Å². The fraction of sp³-hybridized carbons (Fsp3) is 0.429. The van der Waals surface area contributed by atoms with Crippen LogP contribution in [-0.2, 0) is 20.7 Å². The number of methoxy groups -OCH3 is 1. The van der Waals surface area contributed by atoms with Gasteiger partial charge in [0.2, 0.25) is 5.91 Å². The van der Waals surface area contributed by atoms with Crippen LogP contribution in [0.1, 0.15) is 12.0 Å². The van der Waals surface area contributed by atoms with Gasteiger partial charge in [0.15, 0.2) is 0 Å². The Morgan fingerprint density at radius 3 is 2.90 bits per heavy atom. The number of ether oxygens (including phenoxy) is 1. The van der Waals surface area contributed by atoms with E-state index in [1.165, 1.54) is 18.9 Å². The molecule has 1 heterocycles. The number of hydrogen-bond donors (Lipinski definition) is 2. The fourth-order valence-electron chi connectivity index (χ4n) is 2.09. The summed E-state index contributed by atoms with van der Waals surface area (Å²) in [6, 6.07) is 6.96. The predicted octanol–water partition coefficient (Wildman–Crippen LogP) is 1.31. The highest BCUT2D eigenvalue weighted by molar-refractivity contribution is 8.01. The van der Waals surface area contributed by atoms with Crippen LogP contribution < -0.4 is 5.32 Å². The van der Waals surface area contributed by atoms with Gasteiger partial charge < -0.3 is 15.2 Å². The molecule has 0 radical (unpaired) electrons. The molecule has 1 aromatic carbocycles. The van der Waals surface area contributed by atoms with Gasteiger partial charge in [0, 0.05) is 25.0 Å². The topological polar surface area (TPSA) is 75.6 Å². The molecule has 2 rings (SSSR count). The Labute approximate surface area is 121 Å². The van der Waals surface area contributed by atoms with Crippen LogP contribution in [0.2, 0.25) is 0 Å². The lowest BCUT2D eigenvalue weighted by atomic mass is 10.1. The lowest BCUT2D eigenvalue weighted by Gasteiger charge is -2.16. The molecule has 6 heteroatoms. The average Bonchev–Trinajstić information content (AvgIpc) is 2.86. The molecule has 2 N–H and O–H groups in total. The quantitative estimate of drug-likeness (QED) is 0.827. The van der Waals surface area contributed by atoms with Crippen LogP contribution in [0.25, 0.3) is 0 Å². The van der Waals surface area contributed by atoms with E-state index in [0.29, 0.717) is 13.0 Å². The zero-order valence-electron chi connectivity index (χ0n) is 11.2. The van der Waals surface area contributed by atoms with E-state index in [4.69, 9.17) is 9.84 Å². The number of fused-ring (bicyclic) bond motifs is 1. The minimum absolute atomic E-state index is 0.227. The summed E-state index contributed by atoms with van der Waals surface area (Å²) in [6.45, 7) is 0.301. The SMILES string of the molecule is COCCC(NC(=O)C1Cc2ccccc2S1)C(=O)O. The number of carbonyl (C=O) groups excluding carboxylic acids is 1. The van der Waals surface area contributed by atoms with Crippen LogP contribution in [0.5, 0.6) is 0 Å². The maximum atomic E-state index is 12.2. The molecule has 0 saturated carbocycles. The molecule has 2 atom stereocenters. The Hall–Kier alpha value is -1.53. The number of amides is 1. The second kappa shape index (κ2) is 6.76. The molecule has 20 heavy (non-hydrogen) atoms. The molecular weight excluding hydrogens is 278 g/mol. The van der Waals surface area contributed by atoms with Crippen molar-refractivity contribution in [3.05, 3.63) is 29.8 Å². The minimum Gasteiger partial charge on any atom is -0.480 e. The van der Waals surface area contributed by atoms with Crippen molar-refractivity contribution in [2.24, 2.45) is 0 Å². The number of nitrogens with one attached hydrogen (secondary N) is 1. The van der Waals surface area contributed by atoms with Gasteiger partial charge in [-0.2, -0.15) is 0 Å². The zero-order valence-corrected chi connectivity index (χ0v) is 12.0. The Balaban J connectivity index is 1.94. The molecule has 5 nitrogen and oxygen atoms in total. The summed E-state index contributed by atoms with van der Waals surface area (Å²) >= 11 is 1.49. The van der Waals surface area contributed by atoms with Crippen LogP contribution in [0.15, 0.2) is 29.2 Å². The van der Waals surface area contributed by atoms with Crippen molar-refractivity contribution in [3.8, 4) is 0 Å². The normalized spacial score (nSPS) is 18.4. The number of carbonyl (C=O) groups is 2. The molecule has 2 unspecified atom stereocenters. The first-order valence-electron chi connectivity index (χ1n) is 6.38. The molecule has 0 aromatic heterocycles. The van der Waals surface area contributed by atoms with Crippen LogP contribution in [0, 0.1) is 0 Å². The summed E-state index contributed by atoms with van der Waals surface area (Å²) in [7, 11) is 1.50. The third kappa shape index (κ3) is 3.52. The summed E-state index contributed by atoms with van der Waals surface area (Å²) in [5.41, 5.74) is 1.14. The number of benzene rings is 1. The van der Waals surface area contributed by atoms with Gasteiger partial charge in [-0.3, -0.25) is 4.79 Å². The molecule has 0 spiro atoms. The number of hydrogen-bond acceptors (Lipinski definition) is 4. The molecule has 1 aliphatic rings. The highest BCUT2D eigenvalue weighted by Crippen LogP contribution is 2.36. The largest absolute Gasteiger partial charge is 0.480 e. The summed E-state index contributed by atoms with van der Waals surface area (Å²) in [5, 5.41) is 11.4. The van der Waals surface area contributed by atoms with Gasteiger partial charge in [-0.1, -0.05) is 18.2 Å². The minimum atomic E-state index is -1.03. The third-order valence-electron chi connectivity index (χ3n) is 3.16. The Kier molecular flexibility index (Phi) is 5.03. The maximum absolute atomic E-state index is 12.2. The van der Waals surface area contributed by atoms with Crippen molar-refractivity contribution in [1.82, 2.24) is 5.32 Å². The summed E-state index contributed by atoms with van der Waals surface area (Å²) < 4.78 is 4.86. The number of aliphatic carboxylic acids is 1. The van der Waals surface area contributed by atoms with Gasteiger partial charge in [-0.15, -0.1) is 11.8 Å². The smallest absolute Gasteiger partial charge is 0.326 e. The first-order valence-corrected chi connectivity index (χ1v) is 7.26. The molecular formula is C14H17NO4S. The van der Waals surface area contributed by atoms with Gasteiger partial charge in [0.1, 0.15) is 6.04 Å². The maximum Gasteiger partial charge on any atom is 0.326 e. The van der Waals surface area contributed by atoms with Crippen LogP contribution in [0.3, 0.4) is 0 Å². The van der Waals surface area contributed by atoms with Crippen molar-refractivity contribution in [3.63, 3.8) is 0 Å². The monoisotopic (exact) mass is 295 g/mol. The Bertz CT molecular complexity index is 481. The van der Waals surface area contributed by atoms with Crippen molar-refractivity contribution in [2.75, 3.05) is 13.7 Å². The molecule has 0 bridgehead atoms. The van der Waals surface area contributed by atoms with E-state index in [0.717, 1.165) is 10.5 Å². The van der Waals surface area contributed by atoms with Gasteiger partial charge in [-0.05, 0) is 18.1 Å². The second-order valence-corrected chi connectivity index (χ2v) is 5.84. The number of carboxylic acids is 1. The van der Waals surface area contributed by atoms with Gasteiger partial charge in [-0.25, -0.2) is 4.79 Å². The number of rotatable bonds is 6. The fourth-order valence-corrected chi connectivity index (χ4v) is 3.29. The highest BCUT2D eigenvalue weighted by Gasteiger charge is 2.30. The van der Waals surface area contributed by atoms with E-state index in [2.05, 4.69) is 5.32 Å². The molecule has 1 amide bonds. The van der Waals surface area contributed by atoms with Crippen molar-refractivity contribution >= 4 is 23.6 Å². The predicted molar refractivity (Wildman–Crippen MR) is 75.9 cm³/mol. The van der Waals surface area contributed by atoms with E-state index < -0.39 is 12.0 Å². The molecule has 0 fully saturated rings. The van der Waals surface area contributed by atoms with E-state index in [9.17, 15) is 9.59 Å². The summed E-state index contributed by atoms with van der Waals surface area (Å²) in [5.74, 6) is -1.26. The van der Waals surface area contributed by atoms with E-state index in [-0.39, 0.29) is 17.6 Å². The van der Waals surface area contributed by atoms with Gasteiger partial charge in [0.05, 0.1) is 5.25 Å². The molecule has 0 aliphatic carbocycles. The lowest BCUT2D eigenvalue weighted by molar-refractivity contribution is -0.142. The van der Waals surface area contributed by atoms with Crippen molar-refractivity contribution in [1.29, 1.82) is 0 Å². The summed E-state index contributed by atoms with van der Waals surface area (Å²) in [4.78, 5) is 24.3. The molecule has 0 saturated heterocycles. The first kappa shape index (κ1) is 14.9. The number of thioether (sulfide) groups is 1. The second-order valence-electron chi connectivity index (χ2n) is 4.60. The average molecular weight is 295 g/mol. The molecule has 1 aromatic rings. The third-order valence-corrected chi connectivity index (χ3v) is 4.48. The molecule has 1 aliphatic heterocycles. The van der Waals surface area contributed by atoms with Crippen LogP contribution in [0.4, 0.5) is 0 Å². The van der Waals surface area contributed by atoms with Crippen LogP contribution in [-0.4, -0.2) is 42.0 Å². The lowest BCUT2D eigenvalue weighted by Crippen LogP contribution is -2.45. The van der Waals surface area contributed by atoms with Crippen molar-refractivity contribution < 1.29 is 19.4 Å². The van der Waals surface area contributed by atoms with Gasteiger partial charge in [0.25, 0.3) is 0 Å². The van der Waals surface area contributed by atoms with Crippen molar-refractivity contribution in [2.45, 2.75) is 29.0 Å².